The van der Waals surface area contributed by atoms with Gasteiger partial charge in [0.2, 0.25) is 0 Å². The molecule has 1 aromatic rings. The van der Waals surface area contributed by atoms with Crippen molar-refractivity contribution in [2.45, 2.75) is 6.54 Å². The van der Waals surface area contributed by atoms with Crippen molar-refractivity contribution in [2.75, 3.05) is 6.54 Å². The predicted molar refractivity (Wildman–Crippen MR) is 65.9 cm³/mol. The van der Waals surface area contributed by atoms with Gasteiger partial charge in [-0.25, -0.2) is 0 Å². The summed E-state index contributed by atoms with van der Waals surface area (Å²) in [5.74, 6) is 1.69. The highest BCUT2D eigenvalue weighted by molar-refractivity contribution is 5.93. The van der Waals surface area contributed by atoms with Crippen LogP contribution in [0.2, 0.25) is 0 Å². The van der Waals surface area contributed by atoms with Crippen molar-refractivity contribution in [3.63, 3.8) is 0 Å². The van der Waals surface area contributed by atoms with Gasteiger partial charge in [-0.15, -0.1) is 6.42 Å². The lowest BCUT2D eigenvalue weighted by molar-refractivity contribution is -0.125. The summed E-state index contributed by atoms with van der Waals surface area (Å²) < 4.78 is 0. The second kappa shape index (κ2) is 7.02. The lowest BCUT2D eigenvalue weighted by Gasteiger charge is -2.18. The van der Waals surface area contributed by atoms with Crippen molar-refractivity contribution in [1.82, 2.24) is 4.90 Å². The summed E-state index contributed by atoms with van der Waals surface area (Å²) in [5, 5.41) is 0. The Morgan fingerprint density at radius 2 is 2.06 bits per heavy atom. The number of allylic oxidation sites excluding steroid dienone is 1. The molecule has 0 aliphatic carbocycles. The highest BCUT2D eigenvalue weighted by Crippen LogP contribution is 2.04. The standard InChI is InChI=1S/C14H13NO2/c1-2-14(17)15(10-6-7-11-16)12-13-8-4-3-5-9-13/h1,3-9,11H,10,12H2/b7-6+. The van der Waals surface area contributed by atoms with Gasteiger partial charge < -0.3 is 4.90 Å². The third-order valence-corrected chi connectivity index (χ3v) is 2.17. The number of carbonyl (C=O) groups is 2. The quantitative estimate of drug-likeness (QED) is 0.433. The zero-order valence-corrected chi connectivity index (χ0v) is 9.37. The lowest BCUT2D eigenvalue weighted by atomic mass is 10.2. The molecule has 0 bridgehead atoms. The average Bonchev–Trinajstić information content (AvgIpc) is 2.38. The van der Waals surface area contributed by atoms with Crippen molar-refractivity contribution in [2.24, 2.45) is 0 Å². The zero-order valence-electron chi connectivity index (χ0n) is 9.37. The van der Waals surface area contributed by atoms with E-state index in [2.05, 4.69) is 5.92 Å². The molecule has 0 fully saturated rings. The van der Waals surface area contributed by atoms with Crippen molar-refractivity contribution in [1.29, 1.82) is 0 Å². The van der Waals surface area contributed by atoms with Crippen LogP contribution in [0.15, 0.2) is 42.5 Å². The number of amides is 1. The van der Waals surface area contributed by atoms with Crippen LogP contribution < -0.4 is 0 Å². The van der Waals surface area contributed by atoms with Gasteiger partial charge in [-0.1, -0.05) is 36.4 Å². The molecule has 86 valence electrons. The molecule has 17 heavy (non-hydrogen) atoms. The van der Waals surface area contributed by atoms with E-state index in [1.165, 1.54) is 11.0 Å². The minimum Gasteiger partial charge on any atom is -0.324 e. The third kappa shape index (κ3) is 4.35. The molecule has 0 aliphatic heterocycles. The van der Waals surface area contributed by atoms with Crippen LogP contribution in [0.4, 0.5) is 0 Å². The Labute approximate surface area is 101 Å². The first-order chi connectivity index (χ1) is 8.27. The fourth-order valence-corrected chi connectivity index (χ4v) is 1.36. The molecule has 0 atom stereocenters. The van der Waals surface area contributed by atoms with Gasteiger partial charge in [0.05, 0.1) is 0 Å². The summed E-state index contributed by atoms with van der Waals surface area (Å²) in [6, 6.07) is 9.54. The molecule has 0 unspecified atom stereocenters. The van der Waals surface area contributed by atoms with E-state index in [4.69, 9.17) is 6.42 Å². The number of rotatable bonds is 5. The normalized spacial score (nSPS) is 9.82. The van der Waals surface area contributed by atoms with Gasteiger partial charge in [0.25, 0.3) is 5.91 Å². The van der Waals surface area contributed by atoms with Crippen LogP contribution in [0.3, 0.4) is 0 Å². The first-order valence-electron chi connectivity index (χ1n) is 5.17. The molecule has 0 saturated carbocycles. The molecule has 1 rings (SSSR count). The number of nitrogens with zero attached hydrogens (tertiary/aromatic N) is 1. The van der Waals surface area contributed by atoms with Gasteiger partial charge in [0.15, 0.2) is 0 Å². The highest BCUT2D eigenvalue weighted by Gasteiger charge is 2.09. The zero-order chi connectivity index (χ0) is 12.5. The lowest BCUT2D eigenvalue weighted by Crippen LogP contribution is -2.29. The van der Waals surface area contributed by atoms with Crippen molar-refractivity contribution in [3.05, 3.63) is 48.0 Å². The fourth-order valence-electron chi connectivity index (χ4n) is 1.36. The summed E-state index contributed by atoms with van der Waals surface area (Å²) >= 11 is 0. The molecule has 1 amide bonds. The number of hydrogen-bond donors (Lipinski definition) is 0. The van der Waals surface area contributed by atoms with Crippen LogP contribution in [0.5, 0.6) is 0 Å². The summed E-state index contributed by atoms with van der Waals surface area (Å²) in [4.78, 5) is 23.1. The number of carbonyl (C=O) groups excluding carboxylic acids is 2. The van der Waals surface area contributed by atoms with Crippen LogP contribution in [-0.4, -0.2) is 23.6 Å². The van der Waals surface area contributed by atoms with E-state index in [0.29, 0.717) is 19.4 Å². The molecule has 3 nitrogen and oxygen atoms in total. The molecule has 1 aromatic carbocycles. The van der Waals surface area contributed by atoms with E-state index >= 15 is 0 Å². The Hall–Kier alpha value is -2.34. The molecule has 0 radical (unpaired) electrons. The Morgan fingerprint density at radius 3 is 2.65 bits per heavy atom. The van der Waals surface area contributed by atoms with E-state index in [1.807, 2.05) is 30.3 Å². The minimum absolute atomic E-state index is 0.330. The largest absolute Gasteiger partial charge is 0.324 e. The van der Waals surface area contributed by atoms with E-state index in [9.17, 15) is 9.59 Å². The number of hydrogen-bond acceptors (Lipinski definition) is 2. The van der Waals surface area contributed by atoms with Crippen molar-refractivity contribution in [3.8, 4) is 12.3 Å². The SMILES string of the molecule is C#CC(=O)N(C/C=C/C=O)Cc1ccccc1. The van der Waals surface area contributed by atoms with Crippen LogP contribution in [0.1, 0.15) is 5.56 Å². The molecule has 0 heterocycles. The summed E-state index contributed by atoms with van der Waals surface area (Å²) in [6.45, 7) is 0.768. The monoisotopic (exact) mass is 227 g/mol. The van der Waals surface area contributed by atoms with Gasteiger partial charge in [0.1, 0.15) is 6.29 Å². The van der Waals surface area contributed by atoms with Gasteiger partial charge >= 0.3 is 0 Å². The van der Waals surface area contributed by atoms with Gasteiger partial charge in [-0.05, 0) is 17.6 Å². The second-order valence-electron chi connectivity index (χ2n) is 3.38. The number of terminal acetylenes is 1. The fraction of sp³-hybridized carbons (Fsp3) is 0.143. The number of aldehydes is 1. The molecular weight excluding hydrogens is 214 g/mol. The van der Waals surface area contributed by atoms with Crippen molar-refractivity contribution < 1.29 is 9.59 Å². The first kappa shape index (κ1) is 12.7. The summed E-state index contributed by atoms with van der Waals surface area (Å²) in [7, 11) is 0. The number of benzene rings is 1. The molecule has 3 heteroatoms. The maximum absolute atomic E-state index is 11.5. The summed E-state index contributed by atoms with van der Waals surface area (Å²) in [6.07, 6.45) is 8.72. The first-order valence-corrected chi connectivity index (χ1v) is 5.17. The molecule has 0 aliphatic rings. The van der Waals surface area contributed by atoms with E-state index in [1.54, 1.807) is 6.08 Å². The molecule has 0 N–H and O–H groups in total. The van der Waals surface area contributed by atoms with E-state index in [0.717, 1.165) is 5.56 Å². The van der Waals surface area contributed by atoms with Crippen molar-refractivity contribution >= 4 is 12.2 Å². The van der Waals surface area contributed by atoms with Crippen LogP contribution >= 0.6 is 0 Å². The molecule has 0 aromatic heterocycles. The molecular formula is C14H13NO2. The van der Waals surface area contributed by atoms with Gasteiger partial charge in [0, 0.05) is 13.1 Å². The Kier molecular flexibility index (Phi) is 5.26. The van der Waals surface area contributed by atoms with E-state index < -0.39 is 0 Å². The van der Waals surface area contributed by atoms with Gasteiger partial charge in [-0.3, -0.25) is 9.59 Å². The van der Waals surface area contributed by atoms with Crippen LogP contribution in [0.25, 0.3) is 0 Å². The average molecular weight is 227 g/mol. The Morgan fingerprint density at radius 1 is 1.35 bits per heavy atom. The second-order valence-corrected chi connectivity index (χ2v) is 3.38. The third-order valence-electron chi connectivity index (χ3n) is 2.17. The van der Waals surface area contributed by atoms with Crippen LogP contribution in [-0.2, 0) is 16.1 Å². The topological polar surface area (TPSA) is 37.4 Å². The minimum atomic E-state index is -0.385. The molecule has 0 spiro atoms. The Balaban J connectivity index is 2.71. The summed E-state index contributed by atoms with van der Waals surface area (Å²) in [5.41, 5.74) is 0.996. The maximum Gasteiger partial charge on any atom is 0.298 e. The molecule has 0 saturated heterocycles. The predicted octanol–water partition coefficient (Wildman–Crippen LogP) is 1.40. The van der Waals surface area contributed by atoms with Crippen LogP contribution in [0, 0.1) is 12.3 Å². The van der Waals surface area contributed by atoms with E-state index in [-0.39, 0.29) is 5.91 Å². The highest BCUT2D eigenvalue weighted by atomic mass is 16.2. The maximum atomic E-state index is 11.5. The Bertz CT molecular complexity index is 443. The smallest absolute Gasteiger partial charge is 0.298 e. The van der Waals surface area contributed by atoms with Gasteiger partial charge in [-0.2, -0.15) is 0 Å².